The summed E-state index contributed by atoms with van der Waals surface area (Å²) in [5, 5.41) is 0. The number of aromatic nitrogens is 5. The summed E-state index contributed by atoms with van der Waals surface area (Å²) in [6, 6.07) is 8.25. The van der Waals surface area contributed by atoms with Gasteiger partial charge in [0, 0.05) is 62.8 Å². The number of anilines is 1. The van der Waals surface area contributed by atoms with Gasteiger partial charge in [-0.15, -0.1) is 0 Å². The van der Waals surface area contributed by atoms with E-state index in [1.165, 1.54) is 30.1 Å². The predicted octanol–water partition coefficient (Wildman–Crippen LogP) is 3.65. The molecule has 3 aliphatic rings. The number of aryl methyl sites for hydroxylation is 2. The molecule has 3 aromatic heterocycles. The average Bonchev–Trinajstić information content (AvgIpc) is 3.59. The second kappa shape index (κ2) is 8.20. The average molecular weight is 444 g/mol. The van der Waals surface area contributed by atoms with Gasteiger partial charge in [-0.3, -0.25) is 9.88 Å². The molecule has 33 heavy (non-hydrogen) atoms. The molecule has 5 heterocycles. The summed E-state index contributed by atoms with van der Waals surface area (Å²) in [5.41, 5.74) is 5.15. The molecule has 1 saturated heterocycles. The molecule has 0 radical (unpaired) electrons. The topological polar surface area (TPSA) is 63.0 Å². The van der Waals surface area contributed by atoms with E-state index in [4.69, 9.17) is 9.97 Å². The number of imidazole rings is 1. The summed E-state index contributed by atoms with van der Waals surface area (Å²) in [6.45, 7) is 10.2. The van der Waals surface area contributed by atoms with Gasteiger partial charge < -0.3 is 9.47 Å². The number of hydrogen-bond donors (Lipinski definition) is 0. The highest BCUT2D eigenvalue weighted by atomic mass is 15.3. The monoisotopic (exact) mass is 443 g/mol. The summed E-state index contributed by atoms with van der Waals surface area (Å²) < 4.78 is 2.54. The Labute approximate surface area is 195 Å². The zero-order valence-corrected chi connectivity index (χ0v) is 19.7. The minimum absolute atomic E-state index is 0.0856. The van der Waals surface area contributed by atoms with Crippen LogP contribution in [-0.2, 0) is 25.0 Å². The Kier molecular flexibility index (Phi) is 5.17. The van der Waals surface area contributed by atoms with Crippen molar-refractivity contribution in [2.45, 2.75) is 64.6 Å². The van der Waals surface area contributed by atoms with Crippen molar-refractivity contribution in [2.75, 3.05) is 24.5 Å². The van der Waals surface area contributed by atoms with Crippen LogP contribution in [0.1, 0.15) is 54.3 Å². The molecule has 7 nitrogen and oxygen atoms in total. The molecule has 1 spiro atoms. The molecule has 1 aliphatic carbocycles. The number of fused-ring (bicyclic) bond motifs is 2. The summed E-state index contributed by atoms with van der Waals surface area (Å²) in [7, 11) is 0. The van der Waals surface area contributed by atoms with Gasteiger partial charge in [0.15, 0.2) is 0 Å². The Morgan fingerprint density at radius 3 is 2.52 bits per heavy atom. The van der Waals surface area contributed by atoms with E-state index in [-0.39, 0.29) is 5.41 Å². The molecule has 172 valence electrons. The number of hydrogen-bond acceptors (Lipinski definition) is 6. The van der Waals surface area contributed by atoms with Gasteiger partial charge in [0.25, 0.3) is 0 Å². The van der Waals surface area contributed by atoms with Crippen LogP contribution in [0.4, 0.5) is 5.95 Å². The van der Waals surface area contributed by atoms with Crippen LogP contribution < -0.4 is 4.90 Å². The largest absolute Gasteiger partial charge is 0.341 e. The van der Waals surface area contributed by atoms with Crippen molar-refractivity contribution < 1.29 is 0 Å². The smallest absolute Gasteiger partial charge is 0.225 e. The van der Waals surface area contributed by atoms with Gasteiger partial charge in [-0.05, 0) is 63.6 Å². The van der Waals surface area contributed by atoms with Crippen molar-refractivity contribution in [3.8, 4) is 0 Å². The number of piperidine rings is 1. The van der Waals surface area contributed by atoms with Crippen LogP contribution in [0.5, 0.6) is 0 Å². The molecule has 0 aromatic carbocycles. The summed E-state index contributed by atoms with van der Waals surface area (Å²) in [6.07, 6.45) is 8.56. The highest BCUT2D eigenvalue weighted by molar-refractivity contribution is 5.36. The van der Waals surface area contributed by atoms with Crippen LogP contribution >= 0.6 is 0 Å². The first-order valence-corrected chi connectivity index (χ1v) is 12.3. The molecule has 0 bridgehead atoms. The number of rotatable bonds is 5. The van der Waals surface area contributed by atoms with Crippen molar-refractivity contribution in [3.63, 3.8) is 0 Å². The lowest BCUT2D eigenvalue weighted by molar-refractivity contribution is 0.137. The Bertz CT molecular complexity index is 1130. The number of pyridine rings is 1. The Morgan fingerprint density at radius 1 is 1.00 bits per heavy atom. The van der Waals surface area contributed by atoms with Crippen LogP contribution in [0.3, 0.4) is 0 Å². The quantitative estimate of drug-likeness (QED) is 0.600. The Hall–Kier alpha value is -2.80. The van der Waals surface area contributed by atoms with Gasteiger partial charge in [0.1, 0.15) is 5.82 Å². The second-order valence-electron chi connectivity index (χ2n) is 10.2. The maximum atomic E-state index is 5.23. The molecular weight excluding hydrogens is 410 g/mol. The van der Waals surface area contributed by atoms with E-state index >= 15 is 0 Å². The molecule has 7 heteroatoms. The molecule has 0 amide bonds. The van der Waals surface area contributed by atoms with Gasteiger partial charge in [0.2, 0.25) is 5.95 Å². The van der Waals surface area contributed by atoms with Crippen LogP contribution in [0, 0.1) is 19.8 Å². The zero-order chi connectivity index (χ0) is 22.4. The minimum atomic E-state index is 0.0856. The normalized spacial score (nSPS) is 20.2. The minimum Gasteiger partial charge on any atom is -0.341 e. The highest BCUT2D eigenvalue weighted by Crippen LogP contribution is 2.43. The highest BCUT2D eigenvalue weighted by Gasteiger charge is 2.45. The molecule has 2 aliphatic heterocycles. The molecule has 1 saturated carbocycles. The SMILES string of the molecule is Cc1cccc(CN2Cc3c(nc(C)n3CC3CC3)C3(CCN(c4ncccn4)CC3)C2)n1. The molecule has 6 rings (SSSR count). The van der Waals surface area contributed by atoms with E-state index in [1.807, 2.05) is 18.5 Å². The standard InChI is InChI=1S/C26H33N7/c1-19-5-3-6-22(29-19)16-31-17-23-24(30-20(2)33(23)15-21-7-8-21)26(18-31)9-13-32(14-10-26)25-27-11-4-12-28-25/h3-6,11-12,21H,7-10,13-18H2,1-2H3. The first-order chi connectivity index (χ1) is 16.1. The van der Waals surface area contributed by atoms with Crippen molar-refractivity contribution in [1.29, 1.82) is 0 Å². The third kappa shape index (κ3) is 4.03. The molecule has 2 fully saturated rings. The molecule has 0 N–H and O–H groups in total. The Balaban J connectivity index is 1.31. The Morgan fingerprint density at radius 2 is 1.79 bits per heavy atom. The molecule has 3 aromatic rings. The fourth-order valence-corrected chi connectivity index (χ4v) is 5.78. The fourth-order valence-electron chi connectivity index (χ4n) is 5.78. The van der Waals surface area contributed by atoms with Crippen LogP contribution in [0.15, 0.2) is 36.7 Å². The first-order valence-electron chi connectivity index (χ1n) is 12.3. The van der Waals surface area contributed by atoms with Gasteiger partial charge >= 0.3 is 0 Å². The van der Waals surface area contributed by atoms with Gasteiger partial charge in [0.05, 0.1) is 17.1 Å². The fraction of sp³-hybridized carbons (Fsp3) is 0.538. The van der Waals surface area contributed by atoms with E-state index in [1.54, 1.807) is 0 Å². The third-order valence-electron chi connectivity index (χ3n) is 7.69. The van der Waals surface area contributed by atoms with E-state index < -0.39 is 0 Å². The van der Waals surface area contributed by atoms with Crippen molar-refractivity contribution in [3.05, 3.63) is 65.3 Å². The third-order valence-corrected chi connectivity index (χ3v) is 7.69. The molecular formula is C26H33N7. The molecule has 0 unspecified atom stereocenters. The van der Waals surface area contributed by atoms with E-state index in [0.717, 1.165) is 75.4 Å². The van der Waals surface area contributed by atoms with Crippen molar-refractivity contribution in [2.24, 2.45) is 5.92 Å². The maximum absolute atomic E-state index is 5.23. The molecule has 0 atom stereocenters. The second-order valence-corrected chi connectivity index (χ2v) is 10.2. The zero-order valence-electron chi connectivity index (χ0n) is 19.7. The van der Waals surface area contributed by atoms with Gasteiger partial charge in [-0.2, -0.15) is 0 Å². The summed E-state index contributed by atoms with van der Waals surface area (Å²) in [5.74, 6) is 2.87. The lowest BCUT2D eigenvalue weighted by atomic mass is 9.72. The van der Waals surface area contributed by atoms with Crippen LogP contribution in [0.2, 0.25) is 0 Å². The predicted molar refractivity (Wildman–Crippen MR) is 128 cm³/mol. The van der Waals surface area contributed by atoms with Gasteiger partial charge in [-0.25, -0.2) is 15.0 Å². The first kappa shape index (κ1) is 20.8. The van der Waals surface area contributed by atoms with Gasteiger partial charge in [-0.1, -0.05) is 6.07 Å². The van der Waals surface area contributed by atoms with E-state index in [2.05, 4.69) is 56.4 Å². The number of nitrogens with zero attached hydrogens (tertiary/aromatic N) is 7. The van der Waals surface area contributed by atoms with Crippen LogP contribution in [0.25, 0.3) is 0 Å². The van der Waals surface area contributed by atoms with Crippen LogP contribution in [-0.4, -0.2) is 49.0 Å². The van der Waals surface area contributed by atoms with Crippen molar-refractivity contribution >= 4 is 5.95 Å². The summed E-state index contributed by atoms with van der Waals surface area (Å²) in [4.78, 5) is 24.0. The summed E-state index contributed by atoms with van der Waals surface area (Å²) >= 11 is 0. The lowest BCUT2D eigenvalue weighted by Gasteiger charge is -2.47. The van der Waals surface area contributed by atoms with Crippen molar-refractivity contribution in [1.82, 2.24) is 29.4 Å². The maximum Gasteiger partial charge on any atom is 0.225 e. The van der Waals surface area contributed by atoms with E-state index in [9.17, 15) is 0 Å². The van der Waals surface area contributed by atoms with E-state index in [0.29, 0.717) is 0 Å². The lowest BCUT2D eigenvalue weighted by Crippen LogP contribution is -2.52.